The number of anilines is 1. The molecule has 0 spiro atoms. The van der Waals surface area contributed by atoms with Gasteiger partial charge in [-0.2, -0.15) is 0 Å². The Balaban J connectivity index is 2.45. The van der Waals surface area contributed by atoms with Crippen molar-refractivity contribution >= 4 is 17.6 Å². The SMILES string of the molecule is CCCc1ccc(NC(=O)C[C@@H](C)CC(=O)O)cc1. The van der Waals surface area contributed by atoms with Gasteiger partial charge < -0.3 is 10.4 Å². The van der Waals surface area contributed by atoms with Crippen molar-refractivity contribution in [3.63, 3.8) is 0 Å². The van der Waals surface area contributed by atoms with Crippen molar-refractivity contribution in [2.45, 2.75) is 39.5 Å². The van der Waals surface area contributed by atoms with Gasteiger partial charge in [0.05, 0.1) is 0 Å². The van der Waals surface area contributed by atoms with E-state index in [1.165, 1.54) is 5.56 Å². The minimum atomic E-state index is -0.871. The topological polar surface area (TPSA) is 66.4 Å². The molecule has 1 aromatic carbocycles. The minimum absolute atomic E-state index is 0.0167. The summed E-state index contributed by atoms with van der Waals surface area (Å²) in [5, 5.41) is 11.4. The molecule has 104 valence electrons. The molecule has 1 amide bonds. The second kappa shape index (κ2) is 7.56. The number of nitrogens with one attached hydrogen (secondary N) is 1. The van der Waals surface area contributed by atoms with Gasteiger partial charge in [0.15, 0.2) is 0 Å². The van der Waals surface area contributed by atoms with Crippen LogP contribution in [0.4, 0.5) is 5.69 Å². The molecule has 1 rings (SSSR count). The van der Waals surface area contributed by atoms with Crippen LogP contribution in [0, 0.1) is 5.92 Å². The van der Waals surface area contributed by atoms with Crippen LogP contribution in [0.3, 0.4) is 0 Å². The molecule has 0 saturated heterocycles. The Morgan fingerprint density at radius 3 is 2.37 bits per heavy atom. The summed E-state index contributed by atoms with van der Waals surface area (Å²) >= 11 is 0. The smallest absolute Gasteiger partial charge is 0.303 e. The predicted molar refractivity (Wildman–Crippen MR) is 75.1 cm³/mol. The molecule has 0 unspecified atom stereocenters. The molecule has 0 aliphatic carbocycles. The largest absolute Gasteiger partial charge is 0.481 e. The van der Waals surface area contributed by atoms with Gasteiger partial charge in [-0.05, 0) is 30.0 Å². The van der Waals surface area contributed by atoms with Crippen LogP contribution in [0.2, 0.25) is 0 Å². The first kappa shape index (κ1) is 15.2. The van der Waals surface area contributed by atoms with E-state index in [0.717, 1.165) is 18.5 Å². The molecule has 0 radical (unpaired) electrons. The van der Waals surface area contributed by atoms with E-state index >= 15 is 0 Å². The summed E-state index contributed by atoms with van der Waals surface area (Å²) in [6.07, 6.45) is 2.37. The summed E-state index contributed by atoms with van der Waals surface area (Å²) in [5.74, 6) is -1.17. The third-order valence-electron chi connectivity index (χ3n) is 2.83. The number of carbonyl (C=O) groups is 2. The third kappa shape index (κ3) is 6.04. The maximum atomic E-state index is 11.7. The molecule has 0 fully saturated rings. The second-order valence-corrected chi connectivity index (χ2v) is 4.90. The number of hydrogen-bond acceptors (Lipinski definition) is 2. The van der Waals surface area contributed by atoms with Gasteiger partial charge in [-0.1, -0.05) is 32.4 Å². The maximum absolute atomic E-state index is 11.7. The van der Waals surface area contributed by atoms with Crippen LogP contribution in [-0.4, -0.2) is 17.0 Å². The highest BCUT2D eigenvalue weighted by molar-refractivity contribution is 5.91. The van der Waals surface area contributed by atoms with Crippen LogP contribution in [0.25, 0.3) is 0 Å². The van der Waals surface area contributed by atoms with Crippen LogP contribution < -0.4 is 5.32 Å². The van der Waals surface area contributed by atoms with Crippen molar-refractivity contribution in [2.75, 3.05) is 5.32 Å². The average molecular weight is 263 g/mol. The molecule has 0 aliphatic rings. The number of hydrogen-bond donors (Lipinski definition) is 2. The summed E-state index contributed by atoms with van der Waals surface area (Å²) in [4.78, 5) is 22.2. The highest BCUT2D eigenvalue weighted by atomic mass is 16.4. The Kier molecular flexibility index (Phi) is 6.06. The fourth-order valence-electron chi connectivity index (χ4n) is 1.94. The van der Waals surface area contributed by atoms with E-state index in [0.29, 0.717) is 0 Å². The second-order valence-electron chi connectivity index (χ2n) is 4.90. The lowest BCUT2D eigenvalue weighted by atomic mass is 10.0. The Morgan fingerprint density at radius 2 is 1.84 bits per heavy atom. The van der Waals surface area contributed by atoms with E-state index in [1.807, 2.05) is 24.3 Å². The average Bonchev–Trinajstić information content (AvgIpc) is 2.30. The van der Waals surface area contributed by atoms with Gasteiger partial charge in [0.2, 0.25) is 5.91 Å². The first-order chi connectivity index (χ1) is 9.01. The van der Waals surface area contributed by atoms with E-state index in [1.54, 1.807) is 6.92 Å². The lowest BCUT2D eigenvalue weighted by Crippen LogP contribution is -2.16. The lowest BCUT2D eigenvalue weighted by molar-refractivity contribution is -0.138. The molecular formula is C15H21NO3. The van der Waals surface area contributed by atoms with Crippen LogP contribution in [0.5, 0.6) is 0 Å². The van der Waals surface area contributed by atoms with Gasteiger partial charge in [-0.15, -0.1) is 0 Å². The van der Waals surface area contributed by atoms with E-state index in [4.69, 9.17) is 5.11 Å². The van der Waals surface area contributed by atoms with E-state index in [2.05, 4.69) is 12.2 Å². The van der Waals surface area contributed by atoms with Crippen molar-refractivity contribution in [3.8, 4) is 0 Å². The summed E-state index contributed by atoms with van der Waals surface area (Å²) in [6, 6.07) is 7.76. The normalized spacial score (nSPS) is 11.9. The van der Waals surface area contributed by atoms with Crippen molar-refractivity contribution in [3.05, 3.63) is 29.8 Å². The Bertz CT molecular complexity index is 426. The number of amides is 1. The maximum Gasteiger partial charge on any atom is 0.303 e. The Hall–Kier alpha value is -1.84. The van der Waals surface area contributed by atoms with Crippen LogP contribution in [-0.2, 0) is 16.0 Å². The molecule has 0 saturated carbocycles. The standard InChI is InChI=1S/C15H21NO3/c1-3-4-12-5-7-13(8-6-12)16-14(17)9-11(2)10-15(18)19/h5-8,11H,3-4,9-10H2,1-2H3,(H,16,17)(H,18,19)/t11-/m1/s1. The van der Waals surface area contributed by atoms with Gasteiger partial charge in [0.1, 0.15) is 0 Å². The van der Waals surface area contributed by atoms with E-state index in [-0.39, 0.29) is 24.7 Å². The van der Waals surface area contributed by atoms with Gasteiger partial charge in [-0.3, -0.25) is 9.59 Å². The van der Waals surface area contributed by atoms with Crippen molar-refractivity contribution in [2.24, 2.45) is 5.92 Å². The highest BCUT2D eigenvalue weighted by Gasteiger charge is 2.12. The number of carboxylic acid groups (broad SMARTS) is 1. The monoisotopic (exact) mass is 263 g/mol. The summed E-state index contributed by atoms with van der Waals surface area (Å²) < 4.78 is 0. The zero-order valence-electron chi connectivity index (χ0n) is 11.5. The molecule has 1 atom stereocenters. The fourth-order valence-corrected chi connectivity index (χ4v) is 1.94. The molecule has 2 N–H and O–H groups in total. The van der Waals surface area contributed by atoms with Gasteiger partial charge in [-0.25, -0.2) is 0 Å². The van der Waals surface area contributed by atoms with Gasteiger partial charge >= 0.3 is 5.97 Å². The van der Waals surface area contributed by atoms with E-state index in [9.17, 15) is 9.59 Å². The quantitative estimate of drug-likeness (QED) is 0.794. The number of benzene rings is 1. The molecule has 4 heteroatoms. The molecule has 1 aromatic rings. The molecule has 0 aliphatic heterocycles. The van der Waals surface area contributed by atoms with E-state index < -0.39 is 5.97 Å². The van der Waals surface area contributed by atoms with Crippen molar-refractivity contribution < 1.29 is 14.7 Å². The molecule has 0 bridgehead atoms. The Labute approximate surface area is 113 Å². The minimum Gasteiger partial charge on any atom is -0.481 e. The third-order valence-corrected chi connectivity index (χ3v) is 2.83. The number of aryl methyl sites for hydroxylation is 1. The number of carboxylic acids is 1. The molecule has 0 aromatic heterocycles. The van der Waals surface area contributed by atoms with Crippen molar-refractivity contribution in [1.82, 2.24) is 0 Å². The summed E-state index contributed by atoms with van der Waals surface area (Å²) in [6.45, 7) is 3.89. The first-order valence-corrected chi connectivity index (χ1v) is 6.61. The summed E-state index contributed by atoms with van der Waals surface area (Å²) in [5.41, 5.74) is 2.01. The molecule has 0 heterocycles. The fraction of sp³-hybridized carbons (Fsp3) is 0.467. The number of aliphatic carboxylic acids is 1. The summed E-state index contributed by atoms with van der Waals surface area (Å²) in [7, 11) is 0. The zero-order valence-corrected chi connectivity index (χ0v) is 11.5. The zero-order chi connectivity index (χ0) is 14.3. The Morgan fingerprint density at radius 1 is 1.21 bits per heavy atom. The van der Waals surface area contributed by atoms with Gasteiger partial charge in [0, 0.05) is 18.5 Å². The highest BCUT2D eigenvalue weighted by Crippen LogP contribution is 2.13. The molecule has 4 nitrogen and oxygen atoms in total. The predicted octanol–water partition coefficient (Wildman–Crippen LogP) is 3.08. The lowest BCUT2D eigenvalue weighted by Gasteiger charge is -2.10. The van der Waals surface area contributed by atoms with Gasteiger partial charge in [0.25, 0.3) is 0 Å². The molecular weight excluding hydrogens is 242 g/mol. The van der Waals surface area contributed by atoms with Crippen LogP contribution in [0.15, 0.2) is 24.3 Å². The molecule has 19 heavy (non-hydrogen) atoms. The first-order valence-electron chi connectivity index (χ1n) is 6.61. The van der Waals surface area contributed by atoms with Crippen LogP contribution >= 0.6 is 0 Å². The van der Waals surface area contributed by atoms with Crippen LogP contribution in [0.1, 0.15) is 38.7 Å². The van der Waals surface area contributed by atoms with Crippen molar-refractivity contribution in [1.29, 1.82) is 0 Å². The number of carbonyl (C=O) groups excluding carboxylic acids is 1. The number of rotatable bonds is 7.